The molecule has 0 fully saturated rings. The van der Waals surface area contributed by atoms with Crippen LogP contribution in [0.25, 0.3) is 0 Å². The van der Waals surface area contributed by atoms with Crippen LogP contribution in [0.4, 0.5) is 5.69 Å². The summed E-state index contributed by atoms with van der Waals surface area (Å²) in [5.74, 6) is 0.693. The summed E-state index contributed by atoms with van der Waals surface area (Å²) in [6.07, 6.45) is 0.930. The van der Waals surface area contributed by atoms with Gasteiger partial charge in [0.05, 0.1) is 12.3 Å². The molecule has 1 unspecified atom stereocenters. The first kappa shape index (κ1) is 15.9. The van der Waals surface area contributed by atoms with Crippen LogP contribution in [0, 0.1) is 0 Å². The number of carbonyl (C=O) groups is 1. The normalized spacial score (nSPS) is 17.7. The minimum absolute atomic E-state index is 0.285. The zero-order valence-electron chi connectivity index (χ0n) is 12.4. The van der Waals surface area contributed by atoms with Gasteiger partial charge in [-0.3, -0.25) is 5.01 Å². The number of nitrogens with two attached hydrogens (primary N) is 1. The predicted molar refractivity (Wildman–Crippen MR) is 96.7 cm³/mol. The Morgan fingerprint density at radius 3 is 2.78 bits per heavy atom. The number of nitrogen functional groups attached to an aromatic ring is 1. The van der Waals surface area contributed by atoms with Crippen molar-refractivity contribution in [2.75, 3.05) is 11.5 Å². The summed E-state index contributed by atoms with van der Waals surface area (Å²) in [5.41, 5.74) is 9.51. The maximum absolute atomic E-state index is 11.3. The van der Waals surface area contributed by atoms with E-state index in [4.69, 9.17) is 17.3 Å². The molecule has 1 aliphatic rings. The molecule has 0 aliphatic carbocycles. The Balaban J connectivity index is 1.86. The molecule has 1 heterocycles. The Morgan fingerprint density at radius 1 is 1.30 bits per heavy atom. The second-order valence-corrected chi connectivity index (χ2v) is 6.78. The van der Waals surface area contributed by atoms with E-state index in [2.05, 4.69) is 5.10 Å². The number of anilines is 1. The van der Waals surface area contributed by atoms with Gasteiger partial charge in [-0.2, -0.15) is 5.10 Å². The molecule has 0 aromatic heterocycles. The smallest absolute Gasteiger partial charge is 0.154 e. The summed E-state index contributed by atoms with van der Waals surface area (Å²) >= 11 is 7.50. The van der Waals surface area contributed by atoms with Crippen molar-refractivity contribution in [3.05, 3.63) is 64.7 Å². The Hall–Kier alpha value is -1.98. The lowest BCUT2D eigenvalue weighted by Crippen LogP contribution is -2.35. The van der Waals surface area contributed by atoms with E-state index in [9.17, 15) is 4.79 Å². The molecule has 0 radical (unpaired) electrons. The SMILES string of the molecule is Nc1cccc(CN2N=C(c3ccc(Cl)cc3)CSC2C=O)c1. The number of aldehydes is 1. The summed E-state index contributed by atoms with van der Waals surface area (Å²) in [5, 5.41) is 6.89. The quantitative estimate of drug-likeness (QED) is 0.681. The van der Waals surface area contributed by atoms with Gasteiger partial charge in [-0.05, 0) is 35.4 Å². The van der Waals surface area contributed by atoms with E-state index in [1.807, 2.05) is 48.5 Å². The lowest BCUT2D eigenvalue weighted by molar-refractivity contribution is -0.110. The van der Waals surface area contributed by atoms with Crippen LogP contribution in [0.15, 0.2) is 53.6 Å². The van der Waals surface area contributed by atoms with E-state index < -0.39 is 0 Å². The zero-order chi connectivity index (χ0) is 16.2. The molecule has 1 atom stereocenters. The van der Waals surface area contributed by atoms with Crippen LogP contribution in [0.3, 0.4) is 0 Å². The Bertz CT molecular complexity index is 733. The number of carbonyl (C=O) groups excluding carboxylic acids is 1. The summed E-state index contributed by atoms with van der Waals surface area (Å²) < 4.78 is 0. The average Bonchev–Trinajstić information content (AvgIpc) is 2.55. The fraction of sp³-hybridized carbons (Fsp3) is 0.176. The van der Waals surface area contributed by atoms with Crippen LogP contribution in [0.5, 0.6) is 0 Å². The van der Waals surface area contributed by atoms with Crippen LogP contribution in [0.1, 0.15) is 11.1 Å². The van der Waals surface area contributed by atoms with Crippen molar-refractivity contribution in [2.24, 2.45) is 5.10 Å². The number of hydrogen-bond acceptors (Lipinski definition) is 5. The zero-order valence-corrected chi connectivity index (χ0v) is 13.9. The average molecular weight is 346 g/mol. The fourth-order valence-corrected chi connectivity index (χ4v) is 3.44. The third kappa shape index (κ3) is 3.86. The van der Waals surface area contributed by atoms with Crippen molar-refractivity contribution in [2.45, 2.75) is 11.9 Å². The lowest BCUT2D eigenvalue weighted by atomic mass is 10.1. The maximum Gasteiger partial charge on any atom is 0.154 e. The van der Waals surface area contributed by atoms with Crippen molar-refractivity contribution >= 4 is 41.0 Å². The molecule has 0 saturated heterocycles. The molecule has 0 amide bonds. The molecule has 0 saturated carbocycles. The topological polar surface area (TPSA) is 58.7 Å². The molecular formula is C17H16ClN3OS. The van der Waals surface area contributed by atoms with E-state index in [1.165, 1.54) is 0 Å². The summed E-state index contributed by atoms with van der Waals surface area (Å²) in [6.45, 7) is 0.540. The molecular weight excluding hydrogens is 330 g/mol. The van der Waals surface area contributed by atoms with Crippen molar-refractivity contribution < 1.29 is 4.79 Å². The number of thioether (sulfide) groups is 1. The van der Waals surface area contributed by atoms with Gasteiger partial charge in [0.2, 0.25) is 0 Å². The predicted octanol–water partition coefficient (Wildman–Crippen LogP) is 3.40. The van der Waals surface area contributed by atoms with Crippen LogP contribution >= 0.6 is 23.4 Å². The minimum atomic E-state index is -0.285. The van der Waals surface area contributed by atoms with Crippen LogP contribution in [-0.2, 0) is 11.3 Å². The van der Waals surface area contributed by atoms with E-state index >= 15 is 0 Å². The molecule has 0 bridgehead atoms. The molecule has 2 aromatic rings. The number of hydrogen-bond donors (Lipinski definition) is 1. The van der Waals surface area contributed by atoms with Crippen molar-refractivity contribution in [1.82, 2.24) is 5.01 Å². The summed E-state index contributed by atoms with van der Waals surface area (Å²) in [6, 6.07) is 15.2. The number of halogens is 1. The first-order valence-electron chi connectivity index (χ1n) is 7.17. The minimum Gasteiger partial charge on any atom is -0.399 e. The van der Waals surface area contributed by atoms with E-state index in [1.54, 1.807) is 16.8 Å². The van der Waals surface area contributed by atoms with Gasteiger partial charge in [0, 0.05) is 16.5 Å². The van der Waals surface area contributed by atoms with Gasteiger partial charge in [0.15, 0.2) is 6.29 Å². The highest BCUT2D eigenvalue weighted by Crippen LogP contribution is 2.25. The van der Waals surface area contributed by atoms with Gasteiger partial charge in [0.1, 0.15) is 5.37 Å². The molecule has 4 nitrogen and oxygen atoms in total. The molecule has 118 valence electrons. The molecule has 23 heavy (non-hydrogen) atoms. The second kappa shape index (κ2) is 7.06. The summed E-state index contributed by atoms with van der Waals surface area (Å²) in [4.78, 5) is 11.3. The Morgan fingerprint density at radius 2 is 2.09 bits per heavy atom. The van der Waals surface area contributed by atoms with Gasteiger partial charge < -0.3 is 10.5 Å². The lowest BCUT2D eigenvalue weighted by Gasteiger charge is -2.30. The number of hydrazone groups is 1. The van der Waals surface area contributed by atoms with E-state index in [0.717, 1.165) is 23.1 Å². The van der Waals surface area contributed by atoms with E-state index in [-0.39, 0.29) is 5.37 Å². The fourth-order valence-electron chi connectivity index (χ4n) is 2.39. The molecule has 1 aliphatic heterocycles. The maximum atomic E-state index is 11.3. The monoisotopic (exact) mass is 345 g/mol. The van der Waals surface area contributed by atoms with Crippen molar-refractivity contribution in [3.63, 3.8) is 0 Å². The Kier molecular flexibility index (Phi) is 4.88. The summed E-state index contributed by atoms with van der Waals surface area (Å²) in [7, 11) is 0. The Labute approximate surface area is 144 Å². The van der Waals surface area contributed by atoms with E-state index in [0.29, 0.717) is 23.0 Å². The van der Waals surface area contributed by atoms with Gasteiger partial charge >= 0.3 is 0 Å². The van der Waals surface area contributed by atoms with Crippen molar-refractivity contribution in [1.29, 1.82) is 0 Å². The van der Waals surface area contributed by atoms with Gasteiger partial charge in [-0.25, -0.2) is 0 Å². The highest BCUT2D eigenvalue weighted by Gasteiger charge is 2.24. The first-order chi connectivity index (χ1) is 11.2. The van der Waals surface area contributed by atoms with Gasteiger partial charge in [-0.1, -0.05) is 35.9 Å². The third-order valence-electron chi connectivity index (χ3n) is 3.52. The highest BCUT2D eigenvalue weighted by molar-refractivity contribution is 8.01. The molecule has 2 aromatic carbocycles. The van der Waals surface area contributed by atoms with Gasteiger partial charge in [-0.15, -0.1) is 11.8 Å². The van der Waals surface area contributed by atoms with Crippen LogP contribution < -0.4 is 5.73 Å². The standard InChI is InChI=1S/C17H16ClN3OS/c18-14-6-4-13(5-7-14)16-11-23-17(10-22)21(20-16)9-12-2-1-3-15(19)8-12/h1-8,10,17H,9,11,19H2. The molecule has 3 rings (SSSR count). The van der Waals surface area contributed by atoms with Gasteiger partial charge in [0.25, 0.3) is 0 Å². The molecule has 2 N–H and O–H groups in total. The first-order valence-corrected chi connectivity index (χ1v) is 8.60. The number of benzene rings is 2. The number of nitrogens with zero attached hydrogens (tertiary/aromatic N) is 2. The molecule has 0 spiro atoms. The number of rotatable bonds is 4. The second-order valence-electron chi connectivity index (χ2n) is 5.23. The highest BCUT2D eigenvalue weighted by atomic mass is 35.5. The van der Waals surface area contributed by atoms with Crippen LogP contribution in [-0.4, -0.2) is 28.1 Å². The largest absolute Gasteiger partial charge is 0.399 e. The third-order valence-corrected chi connectivity index (χ3v) is 4.91. The van der Waals surface area contributed by atoms with Crippen LogP contribution in [0.2, 0.25) is 5.02 Å². The van der Waals surface area contributed by atoms with Crippen molar-refractivity contribution in [3.8, 4) is 0 Å². The molecule has 6 heteroatoms.